The molecule has 11 heteroatoms. The van der Waals surface area contributed by atoms with Crippen molar-refractivity contribution in [1.29, 1.82) is 0 Å². The van der Waals surface area contributed by atoms with Crippen molar-refractivity contribution >= 4 is 21.6 Å². The lowest BCUT2D eigenvalue weighted by molar-refractivity contribution is -0.386. The molecule has 0 radical (unpaired) electrons. The van der Waals surface area contributed by atoms with E-state index in [0.29, 0.717) is 39.1 Å². The normalized spacial score (nSPS) is 21.3. The number of sulfonamides is 1. The minimum atomic E-state index is -3.96. The lowest BCUT2D eigenvalue weighted by Gasteiger charge is -2.35. The number of morpholine rings is 1. The van der Waals surface area contributed by atoms with Gasteiger partial charge in [0, 0.05) is 32.2 Å². The Hall–Kier alpha value is -2.24. The van der Waals surface area contributed by atoms with Crippen LogP contribution in [0.4, 0.5) is 5.69 Å². The second-order valence-electron chi connectivity index (χ2n) is 6.73. The molecule has 0 saturated carbocycles. The third-order valence-electron chi connectivity index (χ3n) is 5.04. The predicted molar refractivity (Wildman–Crippen MR) is 98.5 cm³/mol. The molecule has 0 aliphatic carbocycles. The standard InChI is InChI=1S/C17H23N3O7S/c1-26-16-5-4-14(11-15(16)20(22)23)28(24,25)19-6-2-3-13(12-19)17(21)18-7-9-27-10-8-18/h4-5,11,13H,2-3,6-10,12H2,1H3. The Morgan fingerprint density at radius 3 is 2.64 bits per heavy atom. The van der Waals surface area contributed by atoms with E-state index in [9.17, 15) is 23.3 Å². The zero-order chi connectivity index (χ0) is 20.3. The van der Waals surface area contributed by atoms with E-state index in [-0.39, 0.29) is 29.6 Å². The number of hydrogen-bond donors (Lipinski definition) is 0. The summed E-state index contributed by atoms with van der Waals surface area (Å²) >= 11 is 0. The van der Waals surface area contributed by atoms with Crippen LogP contribution in [0.25, 0.3) is 0 Å². The van der Waals surface area contributed by atoms with Gasteiger partial charge in [0.1, 0.15) is 0 Å². The predicted octanol–water partition coefficient (Wildman–Crippen LogP) is 0.863. The number of rotatable bonds is 5. The number of amides is 1. The molecule has 154 valence electrons. The van der Waals surface area contributed by atoms with Crippen molar-refractivity contribution in [2.24, 2.45) is 5.92 Å². The van der Waals surface area contributed by atoms with E-state index in [2.05, 4.69) is 0 Å². The molecule has 2 saturated heterocycles. The Labute approximate surface area is 163 Å². The summed E-state index contributed by atoms with van der Waals surface area (Å²) in [5.74, 6) is -0.498. The van der Waals surface area contributed by atoms with Gasteiger partial charge in [0.15, 0.2) is 5.75 Å². The summed E-state index contributed by atoms with van der Waals surface area (Å²) in [5.41, 5.74) is -0.415. The van der Waals surface area contributed by atoms with Crippen molar-refractivity contribution in [2.45, 2.75) is 17.7 Å². The maximum absolute atomic E-state index is 13.0. The zero-order valence-electron chi connectivity index (χ0n) is 15.6. The molecule has 1 amide bonds. The maximum atomic E-state index is 13.0. The second-order valence-corrected chi connectivity index (χ2v) is 8.67. The molecule has 28 heavy (non-hydrogen) atoms. The minimum absolute atomic E-state index is 0.0111. The fourth-order valence-electron chi connectivity index (χ4n) is 3.53. The minimum Gasteiger partial charge on any atom is -0.490 e. The summed E-state index contributed by atoms with van der Waals surface area (Å²) in [4.78, 5) is 24.8. The van der Waals surface area contributed by atoms with E-state index >= 15 is 0 Å². The van der Waals surface area contributed by atoms with Crippen LogP contribution in [-0.2, 0) is 19.6 Å². The van der Waals surface area contributed by atoms with Gasteiger partial charge in [-0.3, -0.25) is 14.9 Å². The molecule has 2 aliphatic heterocycles. The van der Waals surface area contributed by atoms with Crippen molar-refractivity contribution in [3.05, 3.63) is 28.3 Å². The number of carbonyl (C=O) groups excluding carboxylic acids is 1. The number of carbonyl (C=O) groups is 1. The molecule has 3 rings (SSSR count). The van der Waals surface area contributed by atoms with Crippen LogP contribution in [0.5, 0.6) is 5.75 Å². The van der Waals surface area contributed by atoms with Gasteiger partial charge >= 0.3 is 5.69 Å². The van der Waals surface area contributed by atoms with Gasteiger partial charge in [-0.1, -0.05) is 0 Å². The number of nitro benzene ring substituents is 1. The van der Waals surface area contributed by atoms with Crippen LogP contribution in [0, 0.1) is 16.0 Å². The number of methoxy groups -OCH3 is 1. The Morgan fingerprint density at radius 2 is 2.00 bits per heavy atom. The molecule has 10 nitrogen and oxygen atoms in total. The van der Waals surface area contributed by atoms with E-state index in [1.165, 1.54) is 23.5 Å². The molecule has 1 aromatic carbocycles. The highest BCUT2D eigenvalue weighted by Crippen LogP contribution is 2.32. The fourth-order valence-corrected chi connectivity index (χ4v) is 5.07. The molecule has 2 heterocycles. The SMILES string of the molecule is COc1ccc(S(=O)(=O)N2CCCC(C(=O)N3CCOCC3)C2)cc1[N+](=O)[O-]. The number of ether oxygens (including phenoxy) is 2. The van der Waals surface area contributed by atoms with E-state index in [0.717, 1.165) is 6.07 Å². The van der Waals surface area contributed by atoms with E-state index in [4.69, 9.17) is 9.47 Å². The molecule has 0 aromatic heterocycles. The highest BCUT2D eigenvalue weighted by molar-refractivity contribution is 7.89. The number of nitro groups is 1. The first kappa shape index (κ1) is 20.5. The van der Waals surface area contributed by atoms with Gasteiger partial charge in [-0.05, 0) is 25.0 Å². The monoisotopic (exact) mass is 413 g/mol. The quantitative estimate of drug-likeness (QED) is 0.519. The third-order valence-corrected chi connectivity index (χ3v) is 6.90. The highest BCUT2D eigenvalue weighted by Gasteiger charge is 2.36. The second kappa shape index (κ2) is 8.41. The largest absolute Gasteiger partial charge is 0.490 e. The fraction of sp³-hybridized carbons (Fsp3) is 0.588. The van der Waals surface area contributed by atoms with Crippen LogP contribution < -0.4 is 4.74 Å². The Bertz CT molecular complexity index is 852. The van der Waals surface area contributed by atoms with Crippen molar-refractivity contribution in [1.82, 2.24) is 9.21 Å². The average molecular weight is 413 g/mol. The van der Waals surface area contributed by atoms with Gasteiger partial charge in [-0.2, -0.15) is 4.31 Å². The molecule has 1 atom stereocenters. The summed E-state index contributed by atoms with van der Waals surface area (Å²) in [6.07, 6.45) is 1.17. The Balaban J connectivity index is 1.80. The topological polar surface area (TPSA) is 119 Å². The first-order valence-electron chi connectivity index (χ1n) is 9.03. The lowest BCUT2D eigenvalue weighted by Crippen LogP contribution is -2.49. The molecular formula is C17H23N3O7S. The summed E-state index contributed by atoms with van der Waals surface area (Å²) in [5, 5.41) is 11.2. The highest BCUT2D eigenvalue weighted by atomic mass is 32.2. The molecule has 0 bridgehead atoms. The molecule has 0 spiro atoms. The van der Waals surface area contributed by atoms with Gasteiger partial charge in [0.05, 0.1) is 36.1 Å². The van der Waals surface area contributed by atoms with Crippen LogP contribution in [0.3, 0.4) is 0 Å². The summed E-state index contributed by atoms with van der Waals surface area (Å²) in [6, 6.07) is 3.56. The summed E-state index contributed by atoms with van der Waals surface area (Å²) in [7, 11) is -2.68. The first-order chi connectivity index (χ1) is 13.3. The van der Waals surface area contributed by atoms with Crippen molar-refractivity contribution in [2.75, 3.05) is 46.5 Å². The van der Waals surface area contributed by atoms with E-state index < -0.39 is 26.6 Å². The van der Waals surface area contributed by atoms with E-state index in [1.807, 2.05) is 0 Å². The Morgan fingerprint density at radius 1 is 1.29 bits per heavy atom. The summed E-state index contributed by atoms with van der Waals surface area (Å²) < 4.78 is 37.5. The average Bonchev–Trinajstić information content (AvgIpc) is 2.73. The van der Waals surface area contributed by atoms with Gasteiger partial charge in [0.25, 0.3) is 0 Å². The third kappa shape index (κ3) is 4.10. The molecule has 0 N–H and O–H groups in total. The first-order valence-corrected chi connectivity index (χ1v) is 10.5. The van der Waals surface area contributed by atoms with Gasteiger partial charge < -0.3 is 14.4 Å². The molecule has 2 aliphatic rings. The van der Waals surface area contributed by atoms with Crippen molar-refractivity contribution < 1.29 is 27.6 Å². The van der Waals surface area contributed by atoms with Crippen LogP contribution >= 0.6 is 0 Å². The van der Waals surface area contributed by atoms with E-state index in [1.54, 1.807) is 4.90 Å². The van der Waals surface area contributed by atoms with Gasteiger partial charge in [-0.15, -0.1) is 0 Å². The van der Waals surface area contributed by atoms with Crippen LogP contribution in [0.15, 0.2) is 23.1 Å². The Kier molecular flexibility index (Phi) is 6.16. The number of benzene rings is 1. The van der Waals surface area contributed by atoms with Gasteiger partial charge in [0.2, 0.25) is 15.9 Å². The van der Waals surface area contributed by atoms with Crippen LogP contribution in [0.2, 0.25) is 0 Å². The number of hydrogen-bond acceptors (Lipinski definition) is 7. The zero-order valence-corrected chi connectivity index (χ0v) is 16.4. The molecule has 2 fully saturated rings. The maximum Gasteiger partial charge on any atom is 0.312 e. The number of nitrogens with zero attached hydrogens (tertiary/aromatic N) is 3. The lowest BCUT2D eigenvalue weighted by atomic mass is 9.98. The van der Waals surface area contributed by atoms with Crippen molar-refractivity contribution in [3.8, 4) is 5.75 Å². The van der Waals surface area contributed by atoms with Crippen molar-refractivity contribution in [3.63, 3.8) is 0 Å². The molecule has 1 unspecified atom stereocenters. The van der Waals surface area contributed by atoms with Gasteiger partial charge in [-0.25, -0.2) is 8.42 Å². The number of piperidine rings is 1. The summed E-state index contributed by atoms with van der Waals surface area (Å²) in [6.45, 7) is 2.32. The smallest absolute Gasteiger partial charge is 0.312 e. The van der Waals surface area contributed by atoms with Crippen LogP contribution in [-0.4, -0.2) is 75.0 Å². The molecular weight excluding hydrogens is 390 g/mol. The van der Waals surface area contributed by atoms with Crippen LogP contribution in [0.1, 0.15) is 12.8 Å². The molecule has 1 aromatic rings.